The van der Waals surface area contributed by atoms with Crippen LogP contribution in [-0.4, -0.2) is 25.8 Å². The lowest BCUT2D eigenvalue weighted by Crippen LogP contribution is -2.39. The number of nitrogens with zero attached hydrogens (tertiary/aromatic N) is 1. The minimum Gasteiger partial charge on any atom is -0.381 e. The van der Waals surface area contributed by atoms with Crippen LogP contribution in [0.3, 0.4) is 0 Å². The molecule has 1 saturated heterocycles. The van der Waals surface area contributed by atoms with Crippen LogP contribution in [0, 0.1) is 0 Å². The standard InChI is InChI=1S/C17H27NO/c1-5-18(15-9-11-19-12-10-15)16-8-6-7-14(13-16)17(2,3)4/h6-8,13,15H,5,9-12H2,1-4H3. The summed E-state index contributed by atoms with van der Waals surface area (Å²) < 4.78 is 5.48. The third-order valence-electron chi connectivity index (χ3n) is 4.02. The van der Waals surface area contributed by atoms with Crippen LogP contribution < -0.4 is 4.90 Å². The Morgan fingerprint density at radius 2 is 1.89 bits per heavy atom. The van der Waals surface area contributed by atoms with E-state index >= 15 is 0 Å². The van der Waals surface area contributed by atoms with Crippen molar-refractivity contribution in [3.05, 3.63) is 29.8 Å². The Kier molecular flexibility index (Phi) is 4.51. The van der Waals surface area contributed by atoms with Crippen LogP contribution in [0.5, 0.6) is 0 Å². The van der Waals surface area contributed by atoms with Crippen LogP contribution in [0.2, 0.25) is 0 Å². The number of ether oxygens (including phenoxy) is 1. The topological polar surface area (TPSA) is 12.5 Å². The summed E-state index contributed by atoms with van der Waals surface area (Å²) >= 11 is 0. The van der Waals surface area contributed by atoms with E-state index in [0.29, 0.717) is 6.04 Å². The molecule has 0 radical (unpaired) electrons. The molecule has 2 nitrogen and oxygen atoms in total. The van der Waals surface area contributed by atoms with E-state index in [9.17, 15) is 0 Å². The second kappa shape index (κ2) is 5.96. The number of anilines is 1. The highest BCUT2D eigenvalue weighted by molar-refractivity contribution is 5.50. The molecule has 1 aromatic carbocycles. The predicted molar refractivity (Wildman–Crippen MR) is 82.0 cm³/mol. The molecule has 1 aliphatic heterocycles. The van der Waals surface area contributed by atoms with E-state index < -0.39 is 0 Å². The minimum atomic E-state index is 0.213. The average Bonchev–Trinajstić information content (AvgIpc) is 2.40. The Hall–Kier alpha value is -1.02. The highest BCUT2D eigenvalue weighted by atomic mass is 16.5. The molecular weight excluding hydrogens is 234 g/mol. The Bertz CT molecular complexity index is 402. The Labute approximate surface area is 117 Å². The molecule has 0 aliphatic carbocycles. The van der Waals surface area contributed by atoms with Crippen LogP contribution in [0.25, 0.3) is 0 Å². The van der Waals surface area contributed by atoms with Crippen molar-refractivity contribution in [3.8, 4) is 0 Å². The normalized spacial score (nSPS) is 17.5. The highest BCUT2D eigenvalue weighted by Crippen LogP contribution is 2.28. The van der Waals surface area contributed by atoms with Gasteiger partial charge in [-0.05, 0) is 42.9 Å². The van der Waals surface area contributed by atoms with Gasteiger partial charge in [0, 0.05) is 31.5 Å². The average molecular weight is 261 g/mol. The molecule has 106 valence electrons. The van der Waals surface area contributed by atoms with E-state index in [0.717, 1.165) is 32.6 Å². The van der Waals surface area contributed by atoms with Crippen LogP contribution in [-0.2, 0) is 10.2 Å². The molecule has 1 heterocycles. The molecule has 0 saturated carbocycles. The van der Waals surface area contributed by atoms with Crippen LogP contribution in [0.1, 0.15) is 46.1 Å². The van der Waals surface area contributed by atoms with E-state index in [-0.39, 0.29) is 5.41 Å². The zero-order chi connectivity index (χ0) is 13.9. The van der Waals surface area contributed by atoms with Crippen molar-refractivity contribution in [2.75, 3.05) is 24.7 Å². The van der Waals surface area contributed by atoms with Gasteiger partial charge in [0.2, 0.25) is 0 Å². The molecule has 2 rings (SSSR count). The Balaban J connectivity index is 2.22. The first kappa shape index (κ1) is 14.4. The maximum absolute atomic E-state index is 5.48. The molecule has 0 aromatic heterocycles. The molecular formula is C17H27NO. The number of benzene rings is 1. The summed E-state index contributed by atoms with van der Waals surface area (Å²) in [4.78, 5) is 2.54. The number of hydrogen-bond donors (Lipinski definition) is 0. The van der Waals surface area contributed by atoms with Gasteiger partial charge < -0.3 is 9.64 Å². The molecule has 0 N–H and O–H groups in total. The minimum absolute atomic E-state index is 0.213. The van der Waals surface area contributed by atoms with Crippen molar-refractivity contribution in [1.82, 2.24) is 0 Å². The third kappa shape index (κ3) is 3.50. The second-order valence-corrected chi connectivity index (χ2v) is 6.43. The van der Waals surface area contributed by atoms with Crippen molar-refractivity contribution >= 4 is 5.69 Å². The zero-order valence-corrected chi connectivity index (χ0v) is 12.8. The van der Waals surface area contributed by atoms with Gasteiger partial charge in [0.25, 0.3) is 0 Å². The first-order valence-electron chi connectivity index (χ1n) is 7.47. The largest absolute Gasteiger partial charge is 0.381 e. The van der Waals surface area contributed by atoms with E-state index in [4.69, 9.17) is 4.74 Å². The van der Waals surface area contributed by atoms with Gasteiger partial charge in [-0.15, -0.1) is 0 Å². The van der Waals surface area contributed by atoms with E-state index in [2.05, 4.69) is 56.9 Å². The number of hydrogen-bond acceptors (Lipinski definition) is 2. The van der Waals surface area contributed by atoms with Crippen molar-refractivity contribution in [1.29, 1.82) is 0 Å². The summed E-state index contributed by atoms with van der Waals surface area (Å²) in [5.41, 5.74) is 2.99. The van der Waals surface area contributed by atoms with Gasteiger partial charge in [0.15, 0.2) is 0 Å². The summed E-state index contributed by atoms with van der Waals surface area (Å²) in [6.07, 6.45) is 2.29. The SMILES string of the molecule is CCN(c1cccc(C(C)(C)C)c1)C1CCOCC1. The smallest absolute Gasteiger partial charge is 0.0485 e. The number of rotatable bonds is 3. The fourth-order valence-corrected chi connectivity index (χ4v) is 2.80. The molecule has 0 atom stereocenters. The first-order valence-corrected chi connectivity index (χ1v) is 7.47. The van der Waals surface area contributed by atoms with Crippen LogP contribution in [0.15, 0.2) is 24.3 Å². The molecule has 1 aromatic rings. The fraction of sp³-hybridized carbons (Fsp3) is 0.647. The molecule has 0 unspecified atom stereocenters. The maximum Gasteiger partial charge on any atom is 0.0485 e. The summed E-state index contributed by atoms with van der Waals surface area (Å²) in [5.74, 6) is 0. The van der Waals surface area contributed by atoms with Crippen molar-refractivity contribution < 1.29 is 4.74 Å². The van der Waals surface area contributed by atoms with E-state index in [1.165, 1.54) is 11.3 Å². The maximum atomic E-state index is 5.48. The highest BCUT2D eigenvalue weighted by Gasteiger charge is 2.22. The van der Waals surface area contributed by atoms with Gasteiger partial charge in [0.05, 0.1) is 0 Å². The summed E-state index contributed by atoms with van der Waals surface area (Å²) in [6, 6.07) is 9.67. The van der Waals surface area contributed by atoms with Crippen LogP contribution in [0.4, 0.5) is 5.69 Å². The Morgan fingerprint density at radius 1 is 1.21 bits per heavy atom. The first-order chi connectivity index (χ1) is 9.02. The van der Waals surface area contributed by atoms with Crippen molar-refractivity contribution in [2.45, 2.75) is 52.0 Å². The van der Waals surface area contributed by atoms with Crippen molar-refractivity contribution in [3.63, 3.8) is 0 Å². The quantitative estimate of drug-likeness (QED) is 0.815. The lowest BCUT2D eigenvalue weighted by molar-refractivity contribution is 0.0846. The summed E-state index contributed by atoms with van der Waals surface area (Å²) in [6.45, 7) is 11.9. The molecule has 19 heavy (non-hydrogen) atoms. The van der Waals surface area contributed by atoms with Gasteiger partial charge in [-0.25, -0.2) is 0 Å². The lowest BCUT2D eigenvalue weighted by Gasteiger charge is -2.36. The van der Waals surface area contributed by atoms with Gasteiger partial charge in [0.1, 0.15) is 0 Å². The molecule has 2 heteroatoms. The molecule has 1 fully saturated rings. The second-order valence-electron chi connectivity index (χ2n) is 6.43. The van der Waals surface area contributed by atoms with Crippen LogP contribution >= 0.6 is 0 Å². The van der Waals surface area contributed by atoms with E-state index in [1.807, 2.05) is 0 Å². The molecule has 0 amide bonds. The summed E-state index contributed by atoms with van der Waals surface area (Å²) in [5, 5.41) is 0. The van der Waals surface area contributed by atoms with Gasteiger partial charge in [-0.3, -0.25) is 0 Å². The van der Waals surface area contributed by atoms with Gasteiger partial charge in [-0.1, -0.05) is 32.9 Å². The van der Waals surface area contributed by atoms with Crippen molar-refractivity contribution in [2.24, 2.45) is 0 Å². The third-order valence-corrected chi connectivity index (χ3v) is 4.02. The Morgan fingerprint density at radius 3 is 2.47 bits per heavy atom. The van der Waals surface area contributed by atoms with Gasteiger partial charge in [-0.2, -0.15) is 0 Å². The fourth-order valence-electron chi connectivity index (χ4n) is 2.80. The summed E-state index contributed by atoms with van der Waals surface area (Å²) in [7, 11) is 0. The molecule has 0 bridgehead atoms. The van der Waals surface area contributed by atoms with Gasteiger partial charge >= 0.3 is 0 Å². The zero-order valence-electron chi connectivity index (χ0n) is 12.8. The lowest BCUT2D eigenvalue weighted by atomic mass is 9.86. The predicted octanol–water partition coefficient (Wildman–Crippen LogP) is 3.99. The van der Waals surface area contributed by atoms with E-state index in [1.54, 1.807) is 0 Å². The molecule has 1 aliphatic rings. The monoisotopic (exact) mass is 261 g/mol. The molecule has 0 spiro atoms.